The molecule has 5 rings (SSSR count). The van der Waals surface area contributed by atoms with Crippen LogP contribution in [-0.2, 0) is 6.54 Å². The van der Waals surface area contributed by atoms with Gasteiger partial charge in [-0.1, -0.05) is 43.7 Å². The second-order valence-electron chi connectivity index (χ2n) is 9.05. The number of hydrogen-bond acceptors (Lipinski definition) is 7. The van der Waals surface area contributed by atoms with Crippen LogP contribution in [0.25, 0.3) is 27.5 Å². The summed E-state index contributed by atoms with van der Waals surface area (Å²) < 4.78 is 8.06. The first-order valence-electron chi connectivity index (χ1n) is 13.1. The molecule has 2 aromatic heterocycles. The highest BCUT2D eigenvalue weighted by atomic mass is 16.5. The highest BCUT2D eigenvalue weighted by Gasteiger charge is 2.19. The number of aromatic nitrogens is 3. The Morgan fingerprint density at radius 1 is 1.16 bits per heavy atom. The van der Waals surface area contributed by atoms with E-state index in [0.717, 1.165) is 78.0 Å². The standard InChI is InChI=1S/C27H32N6O.C2H6O/c1-3-4-14-30-26-25-24(31-27(28)32-26)21-9-5-6-10-22(21)33(25)17-20-15-18(11-12-23(20)34-2)19-8-7-13-29-16-19;1-2-3/h5-6,8-12,15,29H,3-4,7,13-14,16-17H2,1-2H3,(H3,28,30,31,32);3H,2H2,1H3. The first kappa shape index (κ1) is 26.4. The summed E-state index contributed by atoms with van der Waals surface area (Å²) in [5.41, 5.74) is 12.7. The number of methoxy groups -OCH3 is 1. The molecule has 0 atom stereocenters. The average Bonchev–Trinajstić information content (AvgIpc) is 3.23. The monoisotopic (exact) mass is 502 g/mol. The molecule has 1 aliphatic rings. The first-order valence-corrected chi connectivity index (χ1v) is 13.1. The van der Waals surface area contributed by atoms with Crippen molar-refractivity contribution in [2.24, 2.45) is 0 Å². The topological polar surface area (TPSA) is 110 Å². The molecule has 0 aliphatic carbocycles. The number of unbranched alkanes of at least 4 members (excludes halogenated alkanes) is 1. The number of nitrogens with zero attached hydrogens (tertiary/aromatic N) is 3. The number of aliphatic hydroxyl groups excluding tert-OH is 1. The van der Waals surface area contributed by atoms with Gasteiger partial charge in [0, 0.05) is 30.6 Å². The minimum absolute atomic E-state index is 0.250. The SMILES string of the molecule is CCCCNc1nc(N)nc2c3ccccc3n(Cc3cc(C4=CCCNC4)ccc3OC)c12.CCO. The fourth-order valence-corrected chi connectivity index (χ4v) is 4.75. The molecule has 0 saturated heterocycles. The summed E-state index contributed by atoms with van der Waals surface area (Å²) in [4.78, 5) is 9.24. The highest BCUT2D eigenvalue weighted by Crippen LogP contribution is 2.34. The third-order valence-corrected chi connectivity index (χ3v) is 6.45. The Balaban J connectivity index is 0.00000102. The van der Waals surface area contributed by atoms with Crippen molar-refractivity contribution in [1.29, 1.82) is 0 Å². The van der Waals surface area contributed by atoms with E-state index in [2.05, 4.69) is 74.6 Å². The van der Waals surface area contributed by atoms with E-state index in [4.69, 9.17) is 15.6 Å². The third-order valence-electron chi connectivity index (χ3n) is 6.45. The lowest BCUT2D eigenvalue weighted by atomic mass is 9.99. The van der Waals surface area contributed by atoms with E-state index in [1.54, 1.807) is 14.0 Å². The van der Waals surface area contributed by atoms with Gasteiger partial charge in [-0.25, -0.2) is 4.98 Å². The zero-order chi connectivity index (χ0) is 26.2. The molecule has 5 N–H and O–H groups in total. The van der Waals surface area contributed by atoms with Crippen molar-refractivity contribution < 1.29 is 9.84 Å². The number of rotatable bonds is 8. The average molecular weight is 503 g/mol. The van der Waals surface area contributed by atoms with E-state index in [1.165, 1.54) is 11.1 Å². The van der Waals surface area contributed by atoms with Crippen molar-refractivity contribution in [3.8, 4) is 5.75 Å². The summed E-state index contributed by atoms with van der Waals surface area (Å²) in [7, 11) is 1.73. The lowest BCUT2D eigenvalue weighted by molar-refractivity contribution is 0.318. The van der Waals surface area contributed by atoms with Gasteiger partial charge in [0.25, 0.3) is 0 Å². The van der Waals surface area contributed by atoms with Crippen LogP contribution in [0.3, 0.4) is 0 Å². The van der Waals surface area contributed by atoms with Gasteiger partial charge in [0.05, 0.1) is 19.2 Å². The van der Waals surface area contributed by atoms with Gasteiger partial charge in [0.15, 0.2) is 5.82 Å². The summed E-state index contributed by atoms with van der Waals surface area (Å²) >= 11 is 0. The summed E-state index contributed by atoms with van der Waals surface area (Å²) in [5.74, 6) is 1.93. The van der Waals surface area contributed by atoms with E-state index in [1.807, 2.05) is 6.07 Å². The summed E-state index contributed by atoms with van der Waals surface area (Å²) in [6, 6.07) is 14.8. The maximum absolute atomic E-state index is 7.57. The van der Waals surface area contributed by atoms with Gasteiger partial charge in [0.2, 0.25) is 5.95 Å². The number of nitrogen functional groups attached to an aromatic ring is 1. The number of ether oxygens (including phenoxy) is 1. The van der Waals surface area contributed by atoms with Gasteiger partial charge >= 0.3 is 0 Å². The predicted octanol–water partition coefficient (Wildman–Crippen LogP) is 4.81. The summed E-state index contributed by atoms with van der Waals surface area (Å²) in [6.45, 7) is 7.50. The van der Waals surface area contributed by atoms with Gasteiger partial charge in [-0.3, -0.25) is 0 Å². The molecule has 0 spiro atoms. The van der Waals surface area contributed by atoms with E-state index >= 15 is 0 Å². The van der Waals surface area contributed by atoms with Crippen LogP contribution in [0.2, 0.25) is 0 Å². The molecule has 8 nitrogen and oxygen atoms in total. The van der Waals surface area contributed by atoms with Crippen LogP contribution in [0.5, 0.6) is 5.75 Å². The number of nitrogens with one attached hydrogen (secondary N) is 2. The molecule has 2 aromatic carbocycles. The highest BCUT2D eigenvalue weighted by molar-refractivity contribution is 6.09. The number of aliphatic hydroxyl groups is 1. The summed E-state index contributed by atoms with van der Waals surface area (Å²) in [5, 5.41) is 15.6. The Morgan fingerprint density at radius 2 is 1.97 bits per heavy atom. The minimum Gasteiger partial charge on any atom is -0.496 e. The van der Waals surface area contributed by atoms with E-state index < -0.39 is 0 Å². The van der Waals surface area contributed by atoms with E-state index in [-0.39, 0.29) is 12.6 Å². The smallest absolute Gasteiger partial charge is 0.222 e. The van der Waals surface area contributed by atoms with Crippen molar-refractivity contribution in [3.63, 3.8) is 0 Å². The number of anilines is 2. The maximum atomic E-state index is 7.57. The normalized spacial score (nSPS) is 13.2. The van der Waals surface area contributed by atoms with Crippen LogP contribution in [0.1, 0.15) is 44.2 Å². The van der Waals surface area contributed by atoms with Crippen molar-refractivity contribution in [1.82, 2.24) is 19.9 Å². The molecule has 0 saturated carbocycles. The molecule has 0 amide bonds. The minimum atomic E-state index is 0.250. The molecule has 0 bridgehead atoms. The Morgan fingerprint density at radius 3 is 2.70 bits per heavy atom. The molecule has 0 unspecified atom stereocenters. The molecular formula is C29H38N6O2. The second kappa shape index (κ2) is 12.6. The van der Waals surface area contributed by atoms with E-state index in [9.17, 15) is 0 Å². The molecule has 196 valence electrons. The number of hydrogen-bond donors (Lipinski definition) is 4. The molecule has 0 fully saturated rings. The van der Waals surface area contributed by atoms with Crippen LogP contribution in [-0.4, -0.2) is 53.0 Å². The van der Waals surface area contributed by atoms with Crippen molar-refractivity contribution in [3.05, 3.63) is 59.7 Å². The lowest BCUT2D eigenvalue weighted by Crippen LogP contribution is -2.21. The quantitative estimate of drug-likeness (QED) is 0.256. The van der Waals surface area contributed by atoms with Gasteiger partial charge in [-0.2, -0.15) is 4.98 Å². The Hall–Kier alpha value is -3.62. The Labute approximate surface area is 218 Å². The molecular weight excluding hydrogens is 464 g/mol. The Bertz CT molecular complexity index is 1380. The lowest BCUT2D eigenvalue weighted by Gasteiger charge is -2.18. The van der Waals surface area contributed by atoms with Crippen LogP contribution < -0.4 is 21.1 Å². The maximum Gasteiger partial charge on any atom is 0.222 e. The fraction of sp³-hybridized carbons (Fsp3) is 0.379. The molecule has 1 aliphatic heterocycles. The van der Waals surface area contributed by atoms with Crippen molar-refractivity contribution >= 4 is 39.3 Å². The van der Waals surface area contributed by atoms with Gasteiger partial charge in [-0.05, 0) is 55.6 Å². The van der Waals surface area contributed by atoms with Crippen LogP contribution in [0.15, 0.2) is 48.5 Å². The summed E-state index contributed by atoms with van der Waals surface area (Å²) in [6.07, 6.45) is 5.54. The molecule has 37 heavy (non-hydrogen) atoms. The number of fused-ring (bicyclic) bond motifs is 3. The van der Waals surface area contributed by atoms with Gasteiger partial charge in [0.1, 0.15) is 16.8 Å². The number of para-hydroxylation sites is 1. The first-order chi connectivity index (χ1) is 18.1. The zero-order valence-corrected chi connectivity index (χ0v) is 22.1. The zero-order valence-electron chi connectivity index (χ0n) is 22.1. The fourth-order valence-electron chi connectivity index (χ4n) is 4.75. The molecule has 8 heteroatoms. The van der Waals surface area contributed by atoms with Crippen LogP contribution in [0.4, 0.5) is 11.8 Å². The Kier molecular flexibility index (Phi) is 8.98. The van der Waals surface area contributed by atoms with Crippen LogP contribution in [0, 0.1) is 0 Å². The number of benzene rings is 2. The predicted molar refractivity (Wildman–Crippen MR) is 153 cm³/mol. The van der Waals surface area contributed by atoms with Gasteiger partial charge < -0.3 is 30.8 Å². The molecule has 0 radical (unpaired) electrons. The van der Waals surface area contributed by atoms with Crippen molar-refractivity contribution in [2.75, 3.05) is 44.4 Å². The third kappa shape index (κ3) is 5.87. The second-order valence-corrected chi connectivity index (χ2v) is 9.05. The molecule has 4 aromatic rings. The molecule has 3 heterocycles. The van der Waals surface area contributed by atoms with Crippen LogP contribution >= 0.6 is 0 Å². The largest absolute Gasteiger partial charge is 0.496 e. The number of nitrogens with two attached hydrogens (primary N) is 1. The van der Waals surface area contributed by atoms with Gasteiger partial charge in [-0.15, -0.1) is 0 Å². The van der Waals surface area contributed by atoms with E-state index in [0.29, 0.717) is 6.54 Å². The van der Waals surface area contributed by atoms with Crippen molar-refractivity contribution in [2.45, 2.75) is 39.7 Å².